The third-order valence-corrected chi connectivity index (χ3v) is 4.10. The first-order chi connectivity index (χ1) is 9.61. The molecule has 1 aliphatic carbocycles. The number of nitrogens with one attached hydrogen (secondary N) is 1. The largest absolute Gasteiger partial charge is 0.348 e. The van der Waals surface area contributed by atoms with Crippen LogP contribution in [-0.2, 0) is 0 Å². The van der Waals surface area contributed by atoms with E-state index < -0.39 is 0 Å². The number of aromatic nitrogens is 2. The summed E-state index contributed by atoms with van der Waals surface area (Å²) in [6.07, 6.45) is 4.34. The summed E-state index contributed by atoms with van der Waals surface area (Å²) >= 11 is 0. The van der Waals surface area contributed by atoms with Crippen LogP contribution in [0.1, 0.15) is 53.6 Å². The van der Waals surface area contributed by atoms with Gasteiger partial charge in [-0.2, -0.15) is 0 Å². The smallest absolute Gasteiger partial charge is 0.270 e. The molecule has 5 heteroatoms. The first kappa shape index (κ1) is 13.5. The summed E-state index contributed by atoms with van der Waals surface area (Å²) < 4.78 is 0. The average molecular weight is 274 g/mol. The van der Waals surface area contributed by atoms with E-state index in [0.29, 0.717) is 17.7 Å². The molecule has 1 aromatic heterocycles. The van der Waals surface area contributed by atoms with Crippen molar-refractivity contribution >= 4 is 5.91 Å². The second kappa shape index (κ2) is 5.48. The van der Waals surface area contributed by atoms with E-state index >= 15 is 0 Å². The molecule has 1 N–H and O–H groups in total. The van der Waals surface area contributed by atoms with Crippen molar-refractivity contribution in [3.05, 3.63) is 23.3 Å². The quantitative estimate of drug-likeness (QED) is 0.907. The molecule has 1 aliphatic heterocycles. The molecule has 5 nitrogen and oxygen atoms in total. The predicted molar refractivity (Wildman–Crippen MR) is 76.7 cm³/mol. The Morgan fingerprint density at radius 3 is 2.60 bits per heavy atom. The lowest BCUT2D eigenvalue weighted by Gasteiger charge is -2.28. The Morgan fingerprint density at radius 1 is 1.25 bits per heavy atom. The Morgan fingerprint density at radius 2 is 1.95 bits per heavy atom. The van der Waals surface area contributed by atoms with Gasteiger partial charge in [-0.05, 0) is 58.8 Å². The van der Waals surface area contributed by atoms with Crippen LogP contribution >= 0.6 is 0 Å². The van der Waals surface area contributed by atoms with Crippen LogP contribution in [0.2, 0.25) is 0 Å². The predicted octanol–water partition coefficient (Wildman–Crippen LogP) is 1.49. The molecule has 2 aliphatic rings. The van der Waals surface area contributed by atoms with Gasteiger partial charge in [0.25, 0.3) is 5.91 Å². The molecule has 0 aromatic carbocycles. The van der Waals surface area contributed by atoms with Crippen molar-refractivity contribution in [3.8, 4) is 0 Å². The van der Waals surface area contributed by atoms with Gasteiger partial charge in [0.15, 0.2) is 0 Å². The Balaban J connectivity index is 1.76. The molecule has 0 radical (unpaired) electrons. The minimum absolute atomic E-state index is 0.0489. The zero-order valence-corrected chi connectivity index (χ0v) is 12.2. The Bertz CT molecular complexity index is 505. The third kappa shape index (κ3) is 3.15. The van der Waals surface area contributed by atoms with Crippen molar-refractivity contribution in [1.82, 2.24) is 20.2 Å². The number of piperidine rings is 1. The van der Waals surface area contributed by atoms with Gasteiger partial charge in [0.1, 0.15) is 11.5 Å². The second-order valence-electron chi connectivity index (χ2n) is 6.08. The highest BCUT2D eigenvalue weighted by Crippen LogP contribution is 2.25. The van der Waals surface area contributed by atoms with E-state index in [0.717, 1.165) is 50.3 Å². The fourth-order valence-corrected chi connectivity index (χ4v) is 2.64. The summed E-state index contributed by atoms with van der Waals surface area (Å²) in [6, 6.07) is 2.15. The van der Waals surface area contributed by atoms with Crippen LogP contribution in [-0.4, -0.2) is 47.0 Å². The molecule has 1 amide bonds. The molecule has 1 aromatic rings. The summed E-state index contributed by atoms with van der Waals surface area (Å²) in [4.78, 5) is 23.5. The van der Waals surface area contributed by atoms with E-state index in [1.165, 1.54) is 0 Å². The number of amides is 1. The maximum Gasteiger partial charge on any atom is 0.270 e. The minimum atomic E-state index is -0.0489. The van der Waals surface area contributed by atoms with Crippen molar-refractivity contribution in [1.29, 1.82) is 0 Å². The molecule has 0 bridgehead atoms. The van der Waals surface area contributed by atoms with Crippen LogP contribution in [0, 0.1) is 6.92 Å². The zero-order valence-electron chi connectivity index (χ0n) is 12.2. The monoisotopic (exact) mass is 274 g/mol. The van der Waals surface area contributed by atoms with Gasteiger partial charge in [-0.15, -0.1) is 0 Å². The summed E-state index contributed by atoms with van der Waals surface area (Å²) in [5.74, 6) is 1.18. The van der Waals surface area contributed by atoms with E-state index in [9.17, 15) is 4.79 Å². The maximum absolute atomic E-state index is 12.1. The van der Waals surface area contributed by atoms with E-state index in [1.807, 2.05) is 6.92 Å². The molecule has 108 valence electrons. The highest BCUT2D eigenvalue weighted by Gasteiger charge is 2.26. The lowest BCUT2D eigenvalue weighted by molar-refractivity contribution is 0.0945. The first-order valence-corrected chi connectivity index (χ1v) is 7.47. The molecule has 0 atom stereocenters. The van der Waals surface area contributed by atoms with Gasteiger partial charge >= 0.3 is 0 Å². The van der Waals surface area contributed by atoms with Gasteiger partial charge in [-0.3, -0.25) is 4.79 Å². The maximum atomic E-state index is 12.1. The van der Waals surface area contributed by atoms with E-state index in [2.05, 4.69) is 27.2 Å². The van der Waals surface area contributed by atoms with Crippen LogP contribution in [0.4, 0.5) is 0 Å². The number of rotatable bonds is 3. The van der Waals surface area contributed by atoms with E-state index in [1.54, 1.807) is 6.07 Å². The molecule has 0 spiro atoms. The minimum Gasteiger partial charge on any atom is -0.348 e. The van der Waals surface area contributed by atoms with Gasteiger partial charge in [0.2, 0.25) is 0 Å². The number of hydrogen-bond acceptors (Lipinski definition) is 4. The van der Waals surface area contributed by atoms with E-state index in [4.69, 9.17) is 0 Å². The fraction of sp³-hybridized carbons (Fsp3) is 0.667. The zero-order chi connectivity index (χ0) is 14.1. The molecule has 2 heterocycles. The highest BCUT2D eigenvalue weighted by molar-refractivity contribution is 5.92. The molecule has 1 saturated carbocycles. The normalized spacial score (nSPS) is 20.9. The summed E-state index contributed by atoms with van der Waals surface area (Å²) in [5.41, 5.74) is 1.41. The van der Waals surface area contributed by atoms with E-state index in [-0.39, 0.29) is 5.91 Å². The number of likely N-dealkylation sites (tertiary alicyclic amines) is 1. The van der Waals surface area contributed by atoms with Gasteiger partial charge in [-0.1, -0.05) is 0 Å². The average Bonchev–Trinajstić information content (AvgIpc) is 3.22. The molecule has 2 fully saturated rings. The van der Waals surface area contributed by atoms with Crippen LogP contribution < -0.4 is 5.32 Å². The van der Waals surface area contributed by atoms with Crippen LogP contribution in [0.3, 0.4) is 0 Å². The number of carbonyl (C=O) groups excluding carboxylic acids is 1. The summed E-state index contributed by atoms with van der Waals surface area (Å²) in [5, 5.41) is 3.00. The topological polar surface area (TPSA) is 58.1 Å². The van der Waals surface area contributed by atoms with Crippen LogP contribution in [0.5, 0.6) is 0 Å². The van der Waals surface area contributed by atoms with Crippen molar-refractivity contribution in [2.75, 3.05) is 20.1 Å². The molecule has 0 unspecified atom stereocenters. The number of carbonyl (C=O) groups is 1. The van der Waals surface area contributed by atoms with Gasteiger partial charge in [-0.25, -0.2) is 9.97 Å². The molecular weight excluding hydrogens is 252 g/mol. The Hall–Kier alpha value is -1.49. The standard InChI is InChI=1S/C15H22N4O/c1-10-9-13(15(20)17-12-3-4-12)18-14(16-10)11-5-7-19(2)8-6-11/h9,11-12H,3-8H2,1-2H3,(H,17,20). The van der Waals surface area contributed by atoms with Crippen molar-refractivity contribution in [2.24, 2.45) is 0 Å². The lowest BCUT2D eigenvalue weighted by atomic mass is 9.96. The van der Waals surface area contributed by atoms with Crippen molar-refractivity contribution in [2.45, 2.75) is 44.6 Å². The number of hydrogen-bond donors (Lipinski definition) is 1. The Kier molecular flexibility index (Phi) is 3.70. The summed E-state index contributed by atoms with van der Waals surface area (Å²) in [6.45, 7) is 4.09. The fourth-order valence-electron chi connectivity index (χ4n) is 2.64. The van der Waals surface area contributed by atoms with Crippen LogP contribution in [0.15, 0.2) is 6.07 Å². The lowest BCUT2D eigenvalue weighted by Crippen LogP contribution is -2.31. The first-order valence-electron chi connectivity index (χ1n) is 7.47. The SMILES string of the molecule is Cc1cc(C(=O)NC2CC2)nc(C2CCN(C)CC2)n1. The highest BCUT2D eigenvalue weighted by atomic mass is 16.2. The Labute approximate surface area is 119 Å². The third-order valence-electron chi connectivity index (χ3n) is 4.10. The van der Waals surface area contributed by atoms with Crippen LogP contribution in [0.25, 0.3) is 0 Å². The molecule has 20 heavy (non-hydrogen) atoms. The van der Waals surface area contributed by atoms with Gasteiger partial charge in [0.05, 0.1) is 0 Å². The number of nitrogens with zero attached hydrogens (tertiary/aromatic N) is 3. The molecule has 1 saturated heterocycles. The van der Waals surface area contributed by atoms with Gasteiger partial charge < -0.3 is 10.2 Å². The molecular formula is C15H22N4O. The van der Waals surface area contributed by atoms with Gasteiger partial charge in [0, 0.05) is 17.7 Å². The second-order valence-corrected chi connectivity index (χ2v) is 6.08. The molecule has 3 rings (SSSR count). The summed E-state index contributed by atoms with van der Waals surface area (Å²) in [7, 11) is 2.14. The van der Waals surface area contributed by atoms with Crippen molar-refractivity contribution in [3.63, 3.8) is 0 Å². The number of aryl methyl sites for hydroxylation is 1. The van der Waals surface area contributed by atoms with Crippen molar-refractivity contribution < 1.29 is 4.79 Å².